The molecule has 3 aromatic rings. The minimum absolute atomic E-state index is 0.259. The van der Waals surface area contributed by atoms with Crippen LogP contribution in [0.4, 0.5) is 5.69 Å². The van der Waals surface area contributed by atoms with Crippen LogP contribution in [0.3, 0.4) is 0 Å². The maximum Gasteiger partial charge on any atom is 0.119 e. The molecule has 0 aliphatic rings. The summed E-state index contributed by atoms with van der Waals surface area (Å²) >= 11 is 0. The van der Waals surface area contributed by atoms with Gasteiger partial charge >= 0.3 is 0 Å². The number of nitrogens with two attached hydrogens (primary N) is 2. The lowest BCUT2D eigenvalue weighted by Gasteiger charge is -2.17. The molecule has 0 aromatic heterocycles. The normalized spacial score (nSPS) is 11.8. The summed E-state index contributed by atoms with van der Waals surface area (Å²) in [5.74, 6) is 1.06. The van der Waals surface area contributed by atoms with Gasteiger partial charge in [-0.3, -0.25) is 0 Å². The minimum Gasteiger partial charge on any atom is -0.508 e. The summed E-state index contributed by atoms with van der Waals surface area (Å²) in [5.41, 5.74) is 17.7. The number of phenols is 1. The number of benzene rings is 3. The summed E-state index contributed by atoms with van der Waals surface area (Å²) in [7, 11) is 0. The fourth-order valence-corrected chi connectivity index (χ4v) is 3.25. The first-order valence-corrected chi connectivity index (χ1v) is 9.44. The Balaban J connectivity index is 2.13. The molecule has 0 unspecified atom stereocenters. The Morgan fingerprint density at radius 1 is 0.821 bits per heavy atom. The van der Waals surface area contributed by atoms with Crippen LogP contribution in [0.2, 0.25) is 0 Å². The van der Waals surface area contributed by atoms with Crippen molar-refractivity contribution in [1.29, 1.82) is 0 Å². The van der Waals surface area contributed by atoms with Gasteiger partial charge < -0.3 is 21.3 Å². The number of nitrogen functional groups attached to an aromatic ring is 1. The van der Waals surface area contributed by atoms with Crippen LogP contribution in [0.25, 0.3) is 11.1 Å². The summed E-state index contributed by atoms with van der Waals surface area (Å²) in [6, 6.07) is 23.3. The molecule has 3 rings (SSSR count). The molecule has 0 bridgehead atoms. The van der Waals surface area contributed by atoms with E-state index in [-0.39, 0.29) is 5.75 Å². The van der Waals surface area contributed by atoms with E-state index in [4.69, 9.17) is 16.2 Å². The van der Waals surface area contributed by atoms with Gasteiger partial charge in [0, 0.05) is 12.2 Å². The Bertz CT molecular complexity index is 928. The van der Waals surface area contributed by atoms with Gasteiger partial charge in [0.25, 0.3) is 0 Å². The summed E-state index contributed by atoms with van der Waals surface area (Å²) < 4.78 is 5.61. The van der Waals surface area contributed by atoms with Crippen molar-refractivity contribution in [3.8, 4) is 11.5 Å². The quantitative estimate of drug-likeness (QED) is 0.414. The monoisotopic (exact) mass is 374 g/mol. The molecule has 3 aromatic carbocycles. The molecule has 0 spiro atoms. The van der Waals surface area contributed by atoms with E-state index in [0.717, 1.165) is 40.1 Å². The van der Waals surface area contributed by atoms with Crippen molar-refractivity contribution in [2.75, 3.05) is 18.9 Å². The molecular weight excluding hydrogens is 348 g/mol. The Morgan fingerprint density at radius 2 is 1.36 bits per heavy atom. The molecule has 0 aliphatic carbocycles. The molecule has 4 nitrogen and oxygen atoms in total. The SMILES string of the molecule is CC/C(=C(/c1ccc(N)cc1)c1ccc(OCCN)cc1)c1ccc(O)cc1. The third-order valence-corrected chi connectivity index (χ3v) is 4.60. The van der Waals surface area contributed by atoms with Crippen LogP contribution in [0.15, 0.2) is 72.8 Å². The zero-order valence-electron chi connectivity index (χ0n) is 16.1. The van der Waals surface area contributed by atoms with Gasteiger partial charge in [-0.25, -0.2) is 0 Å². The van der Waals surface area contributed by atoms with Crippen LogP contribution < -0.4 is 16.2 Å². The number of allylic oxidation sites excluding steroid dienone is 1. The minimum atomic E-state index is 0.259. The smallest absolute Gasteiger partial charge is 0.119 e. The average Bonchev–Trinajstić information content (AvgIpc) is 2.73. The van der Waals surface area contributed by atoms with Crippen molar-refractivity contribution in [1.82, 2.24) is 0 Å². The zero-order chi connectivity index (χ0) is 19.9. The van der Waals surface area contributed by atoms with Crippen LogP contribution in [-0.4, -0.2) is 18.3 Å². The fraction of sp³-hybridized carbons (Fsp3) is 0.167. The highest BCUT2D eigenvalue weighted by Gasteiger charge is 2.13. The number of rotatable bonds is 7. The standard InChI is InChI=1S/C24H26N2O2/c1-2-23(17-5-11-21(27)12-6-17)24(18-3-9-20(26)10-4-18)19-7-13-22(14-8-19)28-16-15-25/h3-14,27H,2,15-16,25-26H2,1H3/b24-23+. The second-order valence-corrected chi connectivity index (χ2v) is 6.54. The molecule has 144 valence electrons. The highest BCUT2D eigenvalue weighted by Crippen LogP contribution is 2.35. The predicted octanol–water partition coefficient (Wildman–Crippen LogP) is 4.68. The molecule has 5 N–H and O–H groups in total. The Kier molecular flexibility index (Phi) is 6.35. The number of hydrogen-bond donors (Lipinski definition) is 3. The lowest BCUT2D eigenvalue weighted by Crippen LogP contribution is -2.10. The molecule has 0 saturated carbocycles. The van der Waals surface area contributed by atoms with Crippen molar-refractivity contribution in [3.63, 3.8) is 0 Å². The number of anilines is 1. The van der Waals surface area contributed by atoms with Gasteiger partial charge in [0.15, 0.2) is 0 Å². The Labute approximate surface area is 166 Å². The van der Waals surface area contributed by atoms with E-state index >= 15 is 0 Å². The molecule has 28 heavy (non-hydrogen) atoms. The van der Waals surface area contributed by atoms with E-state index in [1.54, 1.807) is 12.1 Å². The topological polar surface area (TPSA) is 81.5 Å². The van der Waals surface area contributed by atoms with Gasteiger partial charge in [-0.05, 0) is 70.7 Å². The van der Waals surface area contributed by atoms with Crippen LogP contribution in [0.5, 0.6) is 11.5 Å². The summed E-state index contributed by atoms with van der Waals surface area (Å²) in [5, 5.41) is 9.66. The molecule has 0 heterocycles. The molecular formula is C24H26N2O2. The largest absolute Gasteiger partial charge is 0.508 e. The van der Waals surface area contributed by atoms with Gasteiger partial charge in [-0.1, -0.05) is 43.3 Å². The molecule has 0 radical (unpaired) electrons. The van der Waals surface area contributed by atoms with Crippen molar-refractivity contribution in [2.45, 2.75) is 13.3 Å². The number of hydrogen-bond acceptors (Lipinski definition) is 4. The summed E-state index contributed by atoms with van der Waals surface area (Å²) in [6.07, 6.45) is 0.843. The fourth-order valence-electron chi connectivity index (χ4n) is 3.25. The van der Waals surface area contributed by atoms with Crippen molar-refractivity contribution in [2.24, 2.45) is 5.73 Å². The second-order valence-electron chi connectivity index (χ2n) is 6.54. The lowest BCUT2D eigenvalue weighted by molar-refractivity contribution is 0.328. The first kappa shape index (κ1) is 19.5. The highest BCUT2D eigenvalue weighted by atomic mass is 16.5. The molecule has 0 aliphatic heterocycles. The van der Waals surface area contributed by atoms with Crippen LogP contribution in [0.1, 0.15) is 30.0 Å². The maximum atomic E-state index is 9.66. The van der Waals surface area contributed by atoms with Crippen LogP contribution >= 0.6 is 0 Å². The molecule has 0 fully saturated rings. The van der Waals surface area contributed by atoms with E-state index < -0.39 is 0 Å². The highest BCUT2D eigenvalue weighted by molar-refractivity contribution is 5.98. The number of ether oxygens (including phenoxy) is 1. The van der Waals surface area contributed by atoms with Gasteiger partial charge in [0.2, 0.25) is 0 Å². The van der Waals surface area contributed by atoms with E-state index in [0.29, 0.717) is 13.2 Å². The van der Waals surface area contributed by atoms with E-state index in [2.05, 4.69) is 19.1 Å². The summed E-state index contributed by atoms with van der Waals surface area (Å²) in [4.78, 5) is 0. The zero-order valence-corrected chi connectivity index (χ0v) is 16.1. The number of aromatic hydroxyl groups is 1. The molecule has 0 amide bonds. The van der Waals surface area contributed by atoms with Gasteiger partial charge in [-0.2, -0.15) is 0 Å². The molecule has 4 heteroatoms. The van der Waals surface area contributed by atoms with E-state index in [1.165, 1.54) is 5.57 Å². The molecule has 0 atom stereocenters. The second kappa shape index (κ2) is 9.11. The lowest BCUT2D eigenvalue weighted by atomic mass is 9.88. The first-order chi connectivity index (χ1) is 13.6. The van der Waals surface area contributed by atoms with Crippen LogP contribution in [0, 0.1) is 0 Å². The van der Waals surface area contributed by atoms with Gasteiger partial charge in [0.1, 0.15) is 18.1 Å². The van der Waals surface area contributed by atoms with Crippen molar-refractivity contribution < 1.29 is 9.84 Å². The van der Waals surface area contributed by atoms with Gasteiger partial charge in [-0.15, -0.1) is 0 Å². The third-order valence-electron chi connectivity index (χ3n) is 4.60. The van der Waals surface area contributed by atoms with Crippen molar-refractivity contribution in [3.05, 3.63) is 89.5 Å². The maximum absolute atomic E-state index is 9.66. The third kappa shape index (κ3) is 4.53. The van der Waals surface area contributed by atoms with E-state index in [1.807, 2.05) is 48.5 Å². The Morgan fingerprint density at radius 3 is 1.89 bits per heavy atom. The van der Waals surface area contributed by atoms with Crippen LogP contribution in [-0.2, 0) is 0 Å². The summed E-state index contributed by atoms with van der Waals surface area (Å²) in [6.45, 7) is 3.12. The Hall–Kier alpha value is -3.24. The van der Waals surface area contributed by atoms with E-state index in [9.17, 15) is 5.11 Å². The first-order valence-electron chi connectivity index (χ1n) is 9.44. The van der Waals surface area contributed by atoms with Gasteiger partial charge in [0.05, 0.1) is 0 Å². The number of phenolic OH excluding ortho intramolecular Hbond substituents is 1. The van der Waals surface area contributed by atoms with Crippen molar-refractivity contribution >= 4 is 16.8 Å². The predicted molar refractivity (Wildman–Crippen MR) is 116 cm³/mol. The molecule has 0 saturated heterocycles. The average molecular weight is 374 g/mol.